The van der Waals surface area contributed by atoms with E-state index in [1.807, 2.05) is 48.8 Å². The summed E-state index contributed by atoms with van der Waals surface area (Å²) in [7, 11) is 5.49. The maximum atomic E-state index is 15.0. The van der Waals surface area contributed by atoms with Crippen molar-refractivity contribution in [2.24, 2.45) is 17.4 Å². The Morgan fingerprint density at radius 3 is 2.64 bits per heavy atom. The lowest BCUT2D eigenvalue weighted by Crippen LogP contribution is -2.46. The number of methoxy groups -OCH3 is 1. The van der Waals surface area contributed by atoms with Gasteiger partial charge in [0.1, 0.15) is 5.82 Å². The number of carbonyl (C=O) groups excluding carboxylic acids is 1. The molecule has 0 spiro atoms. The van der Waals surface area contributed by atoms with Gasteiger partial charge in [-0.3, -0.25) is 9.48 Å². The molecule has 1 aromatic carbocycles. The molecule has 1 amide bonds. The number of pyridine rings is 1. The Hall–Kier alpha value is -3.44. The maximum absolute atomic E-state index is 15.0. The lowest BCUT2D eigenvalue weighted by atomic mass is 9.77. The quantitative estimate of drug-likeness (QED) is 0.317. The van der Waals surface area contributed by atoms with Crippen LogP contribution in [-0.2, 0) is 11.3 Å². The Labute approximate surface area is 210 Å². The van der Waals surface area contributed by atoms with Gasteiger partial charge in [0.25, 0.3) is 5.91 Å². The van der Waals surface area contributed by atoms with E-state index in [2.05, 4.69) is 15.6 Å². The Kier molecular flexibility index (Phi) is 7.60. The number of nitrogens with one attached hydrogen (secondary N) is 2. The number of nitrogens with zero attached hydrogens (tertiary/aromatic N) is 4. The van der Waals surface area contributed by atoms with Crippen LogP contribution in [0.15, 0.2) is 24.3 Å². The molecule has 194 valence electrons. The number of hydrogen-bond acceptors (Lipinski definition) is 8. The molecule has 1 aliphatic carbocycles. The van der Waals surface area contributed by atoms with Gasteiger partial charge in [-0.15, -0.1) is 0 Å². The van der Waals surface area contributed by atoms with Crippen LogP contribution >= 0.6 is 0 Å². The van der Waals surface area contributed by atoms with Crippen molar-refractivity contribution in [2.45, 2.75) is 44.8 Å². The summed E-state index contributed by atoms with van der Waals surface area (Å²) in [6.07, 6.45) is 3.22. The molecule has 6 N–H and O–H groups in total. The summed E-state index contributed by atoms with van der Waals surface area (Å²) >= 11 is 0. The van der Waals surface area contributed by atoms with Crippen LogP contribution in [0, 0.1) is 11.7 Å². The van der Waals surface area contributed by atoms with E-state index in [1.165, 1.54) is 0 Å². The number of fused-ring (bicyclic) bond motifs is 1. The molecule has 1 aliphatic rings. The molecule has 10 nitrogen and oxygen atoms in total. The highest BCUT2D eigenvalue weighted by Crippen LogP contribution is 2.34. The number of primary amides is 1. The van der Waals surface area contributed by atoms with Gasteiger partial charge in [-0.25, -0.2) is 9.37 Å². The van der Waals surface area contributed by atoms with Crippen LogP contribution in [0.25, 0.3) is 10.9 Å². The van der Waals surface area contributed by atoms with Gasteiger partial charge in [-0.2, -0.15) is 5.10 Å². The Balaban J connectivity index is 1.70. The van der Waals surface area contributed by atoms with Crippen molar-refractivity contribution in [3.05, 3.63) is 35.6 Å². The smallest absolute Gasteiger partial charge is 0.252 e. The van der Waals surface area contributed by atoms with Gasteiger partial charge < -0.3 is 31.7 Å². The summed E-state index contributed by atoms with van der Waals surface area (Å²) in [6, 6.07) is 6.52. The summed E-state index contributed by atoms with van der Waals surface area (Å²) in [6.45, 7) is 3.04. The first-order valence-corrected chi connectivity index (χ1v) is 12.2. The van der Waals surface area contributed by atoms with Gasteiger partial charge in [0, 0.05) is 44.4 Å². The average Bonchev–Trinajstić information content (AvgIpc) is 3.15. The molecular formula is C25H35FN8O2. The number of halogens is 1. The third kappa shape index (κ3) is 5.21. The molecule has 4 rings (SSSR count). The summed E-state index contributed by atoms with van der Waals surface area (Å²) in [5.41, 5.74) is 13.3. The number of amides is 1. The predicted molar refractivity (Wildman–Crippen MR) is 140 cm³/mol. The molecule has 0 aliphatic heterocycles. The van der Waals surface area contributed by atoms with Gasteiger partial charge in [0.05, 0.1) is 24.2 Å². The number of ether oxygens (including phenoxy) is 1. The fourth-order valence-corrected chi connectivity index (χ4v) is 4.56. The number of hydrogen-bond donors (Lipinski definition) is 4. The predicted octanol–water partition coefficient (Wildman–Crippen LogP) is 3.05. The molecule has 0 bridgehead atoms. The van der Waals surface area contributed by atoms with Crippen molar-refractivity contribution in [1.82, 2.24) is 14.8 Å². The molecule has 2 heterocycles. The molecule has 2 aromatic heterocycles. The van der Waals surface area contributed by atoms with Crippen LogP contribution in [0.1, 0.15) is 36.5 Å². The van der Waals surface area contributed by atoms with Crippen molar-refractivity contribution in [2.75, 3.05) is 43.3 Å². The Morgan fingerprint density at radius 1 is 1.31 bits per heavy atom. The lowest BCUT2D eigenvalue weighted by molar-refractivity contribution is 0.100. The second-order valence-electron chi connectivity index (χ2n) is 9.59. The Bertz CT molecular complexity index is 1240. The summed E-state index contributed by atoms with van der Waals surface area (Å²) in [4.78, 5) is 18.5. The van der Waals surface area contributed by atoms with Crippen molar-refractivity contribution in [3.63, 3.8) is 0 Å². The largest absolute Gasteiger partial charge is 0.383 e. The second kappa shape index (κ2) is 10.7. The van der Waals surface area contributed by atoms with Crippen LogP contribution in [0.3, 0.4) is 0 Å². The van der Waals surface area contributed by atoms with Crippen LogP contribution in [-0.4, -0.2) is 60.6 Å². The van der Waals surface area contributed by atoms with E-state index in [1.54, 1.807) is 7.11 Å². The zero-order valence-corrected chi connectivity index (χ0v) is 21.2. The molecule has 11 heteroatoms. The first kappa shape index (κ1) is 25.6. The van der Waals surface area contributed by atoms with E-state index in [9.17, 15) is 9.18 Å². The molecule has 1 fully saturated rings. The highest BCUT2D eigenvalue weighted by atomic mass is 19.1. The van der Waals surface area contributed by atoms with Gasteiger partial charge >= 0.3 is 0 Å². The fraction of sp³-hybridized carbons (Fsp3) is 0.480. The summed E-state index contributed by atoms with van der Waals surface area (Å²) in [5.74, 6) is -0.0701. The van der Waals surface area contributed by atoms with Gasteiger partial charge in [0.15, 0.2) is 17.5 Å². The number of benzene rings is 1. The number of nitrogens with two attached hydrogens (primary N) is 2. The maximum Gasteiger partial charge on any atom is 0.252 e. The molecular weight excluding hydrogens is 463 g/mol. The third-order valence-corrected chi connectivity index (χ3v) is 6.69. The highest BCUT2D eigenvalue weighted by molar-refractivity contribution is 5.99. The van der Waals surface area contributed by atoms with Gasteiger partial charge in [0.2, 0.25) is 0 Å². The zero-order valence-electron chi connectivity index (χ0n) is 21.2. The van der Waals surface area contributed by atoms with Crippen LogP contribution < -0.4 is 27.0 Å². The molecule has 36 heavy (non-hydrogen) atoms. The van der Waals surface area contributed by atoms with E-state index in [0.29, 0.717) is 24.8 Å². The summed E-state index contributed by atoms with van der Waals surface area (Å²) < 4.78 is 22.1. The van der Waals surface area contributed by atoms with Crippen LogP contribution in [0.5, 0.6) is 0 Å². The molecule has 2 atom stereocenters. The first-order valence-electron chi connectivity index (χ1n) is 12.2. The first-order chi connectivity index (χ1) is 17.2. The summed E-state index contributed by atoms with van der Waals surface area (Å²) in [5, 5.41) is 11.9. The van der Waals surface area contributed by atoms with Gasteiger partial charge in [-0.1, -0.05) is 6.42 Å². The average molecular weight is 499 g/mol. The molecule has 0 saturated heterocycles. The van der Waals surface area contributed by atoms with E-state index in [-0.39, 0.29) is 29.3 Å². The number of anilines is 4. The van der Waals surface area contributed by atoms with Crippen molar-refractivity contribution < 1.29 is 13.9 Å². The normalized spacial score (nSPS) is 15.4. The van der Waals surface area contributed by atoms with E-state index in [4.69, 9.17) is 21.3 Å². The van der Waals surface area contributed by atoms with E-state index in [0.717, 1.165) is 42.0 Å². The molecule has 0 radical (unpaired) electrons. The Morgan fingerprint density at radius 2 is 2.06 bits per heavy atom. The van der Waals surface area contributed by atoms with Crippen LogP contribution in [0.2, 0.25) is 0 Å². The van der Waals surface area contributed by atoms with Crippen molar-refractivity contribution >= 4 is 40.0 Å². The minimum absolute atomic E-state index is 0.0391. The van der Waals surface area contributed by atoms with E-state index < -0.39 is 11.7 Å². The topological polar surface area (TPSA) is 136 Å². The molecule has 3 aromatic rings. The van der Waals surface area contributed by atoms with Crippen LogP contribution in [0.4, 0.5) is 27.5 Å². The molecule has 0 unspecified atom stereocenters. The van der Waals surface area contributed by atoms with Crippen molar-refractivity contribution in [3.8, 4) is 0 Å². The van der Waals surface area contributed by atoms with Gasteiger partial charge in [-0.05, 0) is 49.9 Å². The third-order valence-electron chi connectivity index (χ3n) is 6.69. The monoisotopic (exact) mass is 498 g/mol. The lowest BCUT2D eigenvalue weighted by Gasteiger charge is -2.37. The zero-order chi connectivity index (χ0) is 26.0. The fourth-order valence-electron chi connectivity index (χ4n) is 4.56. The highest BCUT2D eigenvalue weighted by Gasteiger charge is 2.31. The van der Waals surface area contributed by atoms with E-state index >= 15 is 0 Å². The minimum atomic E-state index is -0.777. The minimum Gasteiger partial charge on any atom is -0.383 e. The molecule has 1 saturated carbocycles. The number of carbonyl (C=O) groups is 1. The second-order valence-corrected chi connectivity index (χ2v) is 9.59. The van der Waals surface area contributed by atoms with Crippen molar-refractivity contribution in [1.29, 1.82) is 0 Å². The SMILES string of the molecule is COCCn1nc(N(C)C)c2cc(Nc3nc(N[C@H](C4CCC4)[C@H](C)N)c(F)cc3C(N)=O)ccc21. The number of rotatable bonds is 11. The number of aromatic nitrogens is 3. The standard InChI is InChI=1S/C25H35FN8O2/c1-14(27)21(15-6-5-7-15)30-24-19(26)13-18(22(28)35)23(31-24)29-16-8-9-20-17(12-16)25(33(2)3)32-34(20)10-11-36-4/h8-9,12-15,21H,5-7,10-11,27H2,1-4H3,(H2,28,35)(H2,29,30,31)/t14-,21-/m0/s1.